The molecule has 2 N–H and O–H groups in total. The summed E-state index contributed by atoms with van der Waals surface area (Å²) in [7, 11) is 3.83. The molecule has 5 nitrogen and oxygen atoms in total. The summed E-state index contributed by atoms with van der Waals surface area (Å²) in [6, 6.07) is 1.94. The van der Waals surface area contributed by atoms with E-state index in [1.54, 1.807) is 17.4 Å². The largest absolute Gasteiger partial charge is 0.472 e. The topological polar surface area (TPSA) is 62.7 Å². The maximum atomic E-state index is 11.8. The number of carbonyl (C=O) groups excluding carboxylic acids is 1. The van der Waals surface area contributed by atoms with Crippen molar-refractivity contribution in [2.45, 2.75) is 19.4 Å². The molecule has 0 radical (unpaired) electrons. The first-order valence-electron chi connectivity index (χ1n) is 6.27. The molecule has 0 spiro atoms. The van der Waals surface area contributed by atoms with Crippen molar-refractivity contribution in [1.82, 2.24) is 9.80 Å². The van der Waals surface area contributed by atoms with Gasteiger partial charge in [0.2, 0.25) is 5.91 Å². The van der Waals surface area contributed by atoms with Crippen molar-refractivity contribution in [2.24, 2.45) is 5.73 Å². The van der Waals surface area contributed by atoms with Crippen molar-refractivity contribution in [3.05, 3.63) is 24.2 Å². The monoisotopic (exact) mass is 253 g/mol. The van der Waals surface area contributed by atoms with Gasteiger partial charge in [0.15, 0.2) is 0 Å². The Morgan fingerprint density at radius 2 is 2.17 bits per heavy atom. The Morgan fingerprint density at radius 1 is 1.39 bits per heavy atom. The van der Waals surface area contributed by atoms with Gasteiger partial charge in [-0.2, -0.15) is 0 Å². The van der Waals surface area contributed by atoms with Crippen LogP contribution in [0.5, 0.6) is 0 Å². The molecule has 18 heavy (non-hydrogen) atoms. The van der Waals surface area contributed by atoms with Crippen LogP contribution in [0.1, 0.15) is 18.4 Å². The van der Waals surface area contributed by atoms with Crippen LogP contribution < -0.4 is 5.73 Å². The SMILES string of the molecule is CN(CCC(=O)N(C)CCCN)Cc1ccoc1. The summed E-state index contributed by atoms with van der Waals surface area (Å²) in [4.78, 5) is 15.7. The van der Waals surface area contributed by atoms with Gasteiger partial charge in [0.05, 0.1) is 12.5 Å². The maximum absolute atomic E-state index is 11.8. The second-order valence-electron chi connectivity index (χ2n) is 4.58. The standard InChI is InChI=1S/C13H23N3O2/c1-15(10-12-5-9-18-11-12)8-4-13(17)16(2)7-3-6-14/h5,9,11H,3-4,6-8,10,14H2,1-2H3. The van der Waals surface area contributed by atoms with Crippen molar-refractivity contribution in [3.63, 3.8) is 0 Å². The first-order chi connectivity index (χ1) is 8.63. The van der Waals surface area contributed by atoms with Crippen molar-refractivity contribution >= 4 is 5.91 Å². The third-order valence-electron chi connectivity index (χ3n) is 2.86. The second kappa shape index (κ2) is 7.89. The number of furan rings is 1. The van der Waals surface area contributed by atoms with E-state index in [-0.39, 0.29) is 5.91 Å². The quantitative estimate of drug-likeness (QED) is 0.748. The molecule has 0 aromatic carbocycles. The molecule has 1 heterocycles. The van der Waals surface area contributed by atoms with Crippen LogP contribution in [0.25, 0.3) is 0 Å². The summed E-state index contributed by atoms with van der Waals surface area (Å²) in [6.45, 7) is 2.91. The van der Waals surface area contributed by atoms with Crippen LogP contribution in [0, 0.1) is 0 Å². The molecule has 1 rings (SSSR count). The second-order valence-corrected chi connectivity index (χ2v) is 4.58. The van der Waals surface area contributed by atoms with Gasteiger partial charge in [0.25, 0.3) is 0 Å². The first kappa shape index (κ1) is 14.7. The van der Waals surface area contributed by atoms with Crippen LogP contribution in [-0.2, 0) is 11.3 Å². The van der Waals surface area contributed by atoms with Gasteiger partial charge >= 0.3 is 0 Å². The number of nitrogens with two attached hydrogens (primary N) is 1. The number of rotatable bonds is 8. The van der Waals surface area contributed by atoms with Crippen molar-refractivity contribution in [2.75, 3.05) is 33.7 Å². The fraction of sp³-hybridized carbons (Fsp3) is 0.615. The molecule has 102 valence electrons. The van der Waals surface area contributed by atoms with E-state index in [2.05, 4.69) is 4.90 Å². The maximum Gasteiger partial charge on any atom is 0.223 e. The Labute approximate surface area is 109 Å². The lowest BCUT2D eigenvalue weighted by molar-refractivity contribution is -0.130. The van der Waals surface area contributed by atoms with Crippen LogP contribution in [0.2, 0.25) is 0 Å². The van der Waals surface area contributed by atoms with Gasteiger partial charge in [0, 0.05) is 38.7 Å². The number of amides is 1. The third kappa shape index (κ3) is 5.33. The molecular formula is C13H23N3O2. The lowest BCUT2D eigenvalue weighted by atomic mass is 10.3. The van der Waals surface area contributed by atoms with E-state index >= 15 is 0 Å². The molecular weight excluding hydrogens is 230 g/mol. The highest BCUT2D eigenvalue weighted by atomic mass is 16.3. The lowest BCUT2D eigenvalue weighted by Crippen LogP contribution is -2.32. The average molecular weight is 253 g/mol. The number of hydrogen-bond donors (Lipinski definition) is 1. The lowest BCUT2D eigenvalue weighted by Gasteiger charge is -2.19. The van der Waals surface area contributed by atoms with E-state index in [9.17, 15) is 4.79 Å². The highest BCUT2D eigenvalue weighted by molar-refractivity contribution is 5.76. The summed E-state index contributed by atoms with van der Waals surface area (Å²) in [5, 5.41) is 0. The number of carbonyl (C=O) groups is 1. The fourth-order valence-electron chi connectivity index (χ4n) is 1.70. The van der Waals surface area contributed by atoms with Gasteiger partial charge in [-0.05, 0) is 26.1 Å². The van der Waals surface area contributed by atoms with Crippen molar-refractivity contribution in [1.29, 1.82) is 0 Å². The van der Waals surface area contributed by atoms with Gasteiger partial charge in [-0.15, -0.1) is 0 Å². The Hall–Kier alpha value is -1.33. The van der Waals surface area contributed by atoms with E-state index in [0.717, 1.165) is 31.6 Å². The highest BCUT2D eigenvalue weighted by Crippen LogP contribution is 2.04. The van der Waals surface area contributed by atoms with E-state index in [4.69, 9.17) is 10.2 Å². The van der Waals surface area contributed by atoms with Crippen molar-refractivity contribution < 1.29 is 9.21 Å². The summed E-state index contributed by atoms with van der Waals surface area (Å²) < 4.78 is 5.01. The Bertz CT molecular complexity index is 338. The summed E-state index contributed by atoms with van der Waals surface area (Å²) in [5.41, 5.74) is 6.55. The molecule has 0 unspecified atom stereocenters. The highest BCUT2D eigenvalue weighted by Gasteiger charge is 2.09. The molecule has 0 atom stereocenters. The predicted octanol–water partition coefficient (Wildman–Crippen LogP) is 0.909. The van der Waals surface area contributed by atoms with Crippen LogP contribution in [0.15, 0.2) is 23.0 Å². The average Bonchev–Trinajstić information content (AvgIpc) is 2.85. The Balaban J connectivity index is 2.21. The molecule has 0 saturated carbocycles. The van der Waals surface area contributed by atoms with Gasteiger partial charge < -0.3 is 20.0 Å². The Kier molecular flexibility index (Phi) is 6.46. The fourth-order valence-corrected chi connectivity index (χ4v) is 1.70. The number of hydrogen-bond acceptors (Lipinski definition) is 4. The van der Waals surface area contributed by atoms with E-state index < -0.39 is 0 Å². The van der Waals surface area contributed by atoms with Crippen LogP contribution in [0.3, 0.4) is 0 Å². The van der Waals surface area contributed by atoms with E-state index in [0.29, 0.717) is 13.0 Å². The van der Waals surface area contributed by atoms with E-state index in [1.165, 1.54) is 0 Å². The molecule has 1 amide bonds. The molecule has 1 aromatic heterocycles. The zero-order chi connectivity index (χ0) is 13.4. The predicted molar refractivity (Wildman–Crippen MR) is 71.0 cm³/mol. The molecule has 0 aliphatic carbocycles. The van der Waals surface area contributed by atoms with Gasteiger partial charge in [-0.1, -0.05) is 0 Å². The molecule has 0 fully saturated rings. The molecule has 0 aliphatic heterocycles. The minimum absolute atomic E-state index is 0.169. The molecule has 1 aromatic rings. The zero-order valence-corrected chi connectivity index (χ0v) is 11.3. The number of nitrogens with zero attached hydrogens (tertiary/aromatic N) is 2. The van der Waals surface area contributed by atoms with Crippen LogP contribution in [-0.4, -0.2) is 49.4 Å². The first-order valence-corrected chi connectivity index (χ1v) is 6.27. The van der Waals surface area contributed by atoms with Gasteiger partial charge in [-0.3, -0.25) is 4.79 Å². The molecule has 0 bridgehead atoms. The summed E-state index contributed by atoms with van der Waals surface area (Å²) in [5.74, 6) is 0.169. The summed E-state index contributed by atoms with van der Waals surface area (Å²) >= 11 is 0. The van der Waals surface area contributed by atoms with Gasteiger partial charge in [0.1, 0.15) is 0 Å². The smallest absolute Gasteiger partial charge is 0.223 e. The third-order valence-corrected chi connectivity index (χ3v) is 2.86. The normalized spacial score (nSPS) is 10.9. The van der Waals surface area contributed by atoms with Crippen LogP contribution >= 0.6 is 0 Å². The summed E-state index contributed by atoms with van der Waals surface area (Å²) in [6.07, 6.45) is 4.78. The van der Waals surface area contributed by atoms with Gasteiger partial charge in [-0.25, -0.2) is 0 Å². The minimum atomic E-state index is 0.169. The molecule has 0 saturated heterocycles. The molecule has 5 heteroatoms. The van der Waals surface area contributed by atoms with Crippen molar-refractivity contribution in [3.8, 4) is 0 Å². The van der Waals surface area contributed by atoms with E-state index in [1.807, 2.05) is 20.2 Å². The van der Waals surface area contributed by atoms with Crippen LogP contribution in [0.4, 0.5) is 0 Å². The molecule has 0 aliphatic rings. The minimum Gasteiger partial charge on any atom is -0.472 e. The Morgan fingerprint density at radius 3 is 2.78 bits per heavy atom. The zero-order valence-electron chi connectivity index (χ0n) is 11.3.